The van der Waals surface area contributed by atoms with Crippen LogP contribution >= 0.6 is 0 Å². The number of ether oxygens (including phenoxy) is 8. The highest BCUT2D eigenvalue weighted by Crippen LogP contribution is 2.52. The van der Waals surface area contributed by atoms with Crippen LogP contribution in [0.25, 0.3) is 22.3 Å². The minimum Gasteiger partial charge on any atom is -0.508 e. The molecule has 0 saturated heterocycles. The second-order valence-corrected chi connectivity index (χ2v) is 18.3. The maximum atomic E-state index is 12.7. The molecule has 0 amide bonds. The monoisotopic (exact) mass is 902 g/mol. The number of benzene rings is 4. The van der Waals surface area contributed by atoms with Gasteiger partial charge in [0.2, 0.25) is 11.5 Å². The number of carbonyl (C=O) groups excluding carboxylic acids is 1. The van der Waals surface area contributed by atoms with Gasteiger partial charge in [-0.05, 0) is 95.5 Å². The van der Waals surface area contributed by atoms with Crippen LogP contribution in [0.5, 0.6) is 46.0 Å². The van der Waals surface area contributed by atoms with Crippen LogP contribution in [0.4, 0.5) is 4.79 Å². The summed E-state index contributed by atoms with van der Waals surface area (Å²) in [6.07, 6.45) is 1.15. The zero-order valence-electron chi connectivity index (χ0n) is 36.6. The van der Waals surface area contributed by atoms with E-state index in [1.807, 2.05) is 12.1 Å². The Bertz CT molecular complexity index is 2510. The van der Waals surface area contributed by atoms with Gasteiger partial charge in [-0.25, -0.2) is 4.79 Å². The molecule has 0 bridgehead atoms. The van der Waals surface area contributed by atoms with E-state index in [1.165, 1.54) is 56.6 Å². The molecule has 4 aromatic rings. The quantitative estimate of drug-likeness (QED) is 0.114. The van der Waals surface area contributed by atoms with E-state index in [9.17, 15) is 26.7 Å². The summed E-state index contributed by atoms with van der Waals surface area (Å²) >= 11 is 0. The van der Waals surface area contributed by atoms with Crippen molar-refractivity contribution in [3.8, 4) is 68.2 Å². The minimum atomic E-state index is -3.76. The molecule has 0 aliphatic heterocycles. The fraction of sp³-hybridized carbons (Fsp3) is 0.405. The maximum absolute atomic E-state index is 12.7. The number of aryl methyl sites for hydroxylation is 2. The number of fused-ring (bicyclic) bond motifs is 6. The SMILES string of the molecule is COC(=O)Oc1ccc2c(c1)[C@@H](NS(=O)(=O)N(C)C)CCc1cc(OC)c(OC)c(OC)c1-2.COc1cc2c(c(OC)c1OC)-c1ccc(O)cc1[C@@H](NS(=O)(=O)N(C)C)CC2. The Kier molecular flexibility index (Phi) is 15.1. The van der Waals surface area contributed by atoms with Crippen molar-refractivity contribution in [2.75, 3.05) is 78.0 Å². The van der Waals surface area contributed by atoms with Crippen LogP contribution in [-0.4, -0.2) is 115 Å². The van der Waals surface area contributed by atoms with Crippen molar-refractivity contribution in [1.82, 2.24) is 18.1 Å². The highest BCUT2D eigenvalue weighted by Gasteiger charge is 2.33. The lowest BCUT2D eigenvalue weighted by molar-refractivity contribution is 0.121. The molecule has 0 saturated carbocycles. The van der Waals surface area contributed by atoms with E-state index in [-0.39, 0.29) is 11.5 Å². The minimum absolute atomic E-state index is 0.0562. The summed E-state index contributed by atoms with van der Waals surface area (Å²) in [6.45, 7) is 0. The average molecular weight is 903 g/mol. The van der Waals surface area contributed by atoms with E-state index >= 15 is 0 Å². The van der Waals surface area contributed by atoms with Crippen LogP contribution in [0.3, 0.4) is 0 Å². The third-order valence-corrected chi connectivity index (χ3v) is 13.6. The largest absolute Gasteiger partial charge is 0.513 e. The van der Waals surface area contributed by atoms with Crippen LogP contribution in [0.2, 0.25) is 0 Å². The molecule has 2 atom stereocenters. The molecule has 20 heteroatoms. The summed E-state index contributed by atoms with van der Waals surface area (Å²) in [6, 6.07) is 12.5. The molecule has 0 spiro atoms. The van der Waals surface area contributed by atoms with Gasteiger partial charge >= 0.3 is 6.16 Å². The van der Waals surface area contributed by atoms with Crippen molar-refractivity contribution in [3.05, 3.63) is 70.8 Å². The first-order valence-corrected chi connectivity index (χ1v) is 22.0. The molecule has 0 aromatic heterocycles. The lowest BCUT2D eigenvalue weighted by atomic mass is 9.93. The van der Waals surface area contributed by atoms with Crippen molar-refractivity contribution < 1.29 is 64.6 Å². The Balaban J connectivity index is 0.000000236. The average Bonchev–Trinajstić information content (AvgIpc) is 3.48. The van der Waals surface area contributed by atoms with E-state index in [0.29, 0.717) is 76.9 Å². The van der Waals surface area contributed by atoms with Crippen LogP contribution in [0.15, 0.2) is 48.5 Å². The molecule has 2 aliphatic carbocycles. The lowest BCUT2D eigenvalue weighted by Gasteiger charge is -2.23. The molecule has 0 fully saturated rings. The molecule has 0 radical (unpaired) electrons. The number of phenols is 1. The van der Waals surface area contributed by atoms with Gasteiger partial charge in [-0.1, -0.05) is 12.1 Å². The highest BCUT2D eigenvalue weighted by molar-refractivity contribution is 7.87. The number of rotatable bonds is 13. The van der Waals surface area contributed by atoms with Crippen molar-refractivity contribution in [1.29, 1.82) is 0 Å². The molecule has 0 heterocycles. The Morgan fingerprint density at radius 3 is 1.40 bits per heavy atom. The summed E-state index contributed by atoms with van der Waals surface area (Å²) in [4.78, 5) is 11.7. The van der Waals surface area contributed by atoms with E-state index in [2.05, 4.69) is 14.2 Å². The zero-order valence-corrected chi connectivity index (χ0v) is 38.2. The van der Waals surface area contributed by atoms with Crippen LogP contribution in [-0.2, 0) is 38.0 Å². The van der Waals surface area contributed by atoms with Crippen molar-refractivity contribution in [3.63, 3.8) is 0 Å². The van der Waals surface area contributed by atoms with Gasteiger partial charge < -0.3 is 43.0 Å². The van der Waals surface area contributed by atoms with E-state index < -0.39 is 38.7 Å². The van der Waals surface area contributed by atoms with Crippen LogP contribution < -0.4 is 42.6 Å². The Morgan fingerprint density at radius 2 is 1.02 bits per heavy atom. The Hall–Kier alpha value is -5.51. The second kappa shape index (κ2) is 19.7. The number of nitrogens with zero attached hydrogens (tertiary/aromatic N) is 2. The van der Waals surface area contributed by atoms with Crippen LogP contribution in [0.1, 0.15) is 47.2 Å². The predicted octanol–water partition coefficient (Wildman–Crippen LogP) is 5.38. The van der Waals surface area contributed by atoms with Gasteiger partial charge in [0.15, 0.2) is 23.0 Å². The summed E-state index contributed by atoms with van der Waals surface area (Å²) in [5, 5.41) is 10.1. The summed E-state index contributed by atoms with van der Waals surface area (Å²) in [5.41, 5.74) is 6.15. The fourth-order valence-electron chi connectivity index (χ4n) is 7.45. The smallest absolute Gasteiger partial charge is 0.508 e. The van der Waals surface area contributed by atoms with E-state index in [4.69, 9.17) is 33.2 Å². The number of methoxy groups -OCH3 is 7. The molecule has 18 nitrogen and oxygen atoms in total. The normalized spacial score (nSPS) is 15.6. The molecule has 4 aromatic carbocycles. The zero-order chi connectivity index (χ0) is 45.7. The maximum Gasteiger partial charge on any atom is 0.513 e. The van der Waals surface area contributed by atoms with Gasteiger partial charge in [0, 0.05) is 51.4 Å². The molecule has 2 aliphatic rings. The third kappa shape index (κ3) is 9.74. The number of hydrogen-bond acceptors (Lipinski definition) is 14. The van der Waals surface area contributed by atoms with E-state index in [1.54, 1.807) is 57.7 Å². The van der Waals surface area contributed by atoms with Gasteiger partial charge in [-0.2, -0.15) is 34.9 Å². The third-order valence-electron chi connectivity index (χ3n) is 10.5. The van der Waals surface area contributed by atoms with Crippen molar-refractivity contribution in [2.45, 2.75) is 37.8 Å². The van der Waals surface area contributed by atoms with Gasteiger partial charge in [-0.3, -0.25) is 0 Å². The predicted molar refractivity (Wildman–Crippen MR) is 231 cm³/mol. The standard InChI is InChI=1S/C22H28N2O8S.C20H26N2O6S/c1-24(2)33(26,27)23-17-10-7-13-11-18(28-3)20(29-4)21(30-5)19(13)15-9-8-14(12-16(15)17)32-22(25)31-6;1-22(2)29(24,25)21-16-9-6-12-10-17(26-3)19(27-4)20(28-5)18(12)14-8-7-13(23)11-15(14)16/h8-9,11-12,17,23H,7,10H2,1-6H3;7-8,10-11,16,21,23H,6,9H2,1-5H3/t17-;16-/m00/s1. The van der Waals surface area contributed by atoms with Crippen LogP contribution in [0, 0.1) is 0 Å². The van der Waals surface area contributed by atoms with Gasteiger partial charge in [0.1, 0.15) is 11.5 Å². The van der Waals surface area contributed by atoms with Gasteiger partial charge in [0.25, 0.3) is 20.4 Å². The Labute approximate surface area is 362 Å². The molecule has 62 heavy (non-hydrogen) atoms. The fourth-order valence-corrected chi connectivity index (χ4v) is 9.08. The molecule has 3 N–H and O–H groups in total. The molecular weight excluding hydrogens is 849 g/mol. The van der Waals surface area contributed by atoms with Crippen molar-refractivity contribution in [2.24, 2.45) is 0 Å². The van der Waals surface area contributed by atoms with Crippen molar-refractivity contribution >= 4 is 26.6 Å². The number of nitrogens with one attached hydrogen (secondary N) is 2. The number of aromatic hydroxyl groups is 1. The summed E-state index contributed by atoms with van der Waals surface area (Å²) in [5.74, 6) is 3.17. The molecule has 0 unspecified atom stereocenters. The van der Waals surface area contributed by atoms with E-state index in [0.717, 1.165) is 36.4 Å². The number of carbonyl (C=O) groups is 1. The summed E-state index contributed by atoms with van der Waals surface area (Å²) in [7, 11) is 8.84. The molecular formula is C42H54N4O14S2. The Morgan fingerprint density at radius 1 is 0.597 bits per heavy atom. The number of phenolic OH excluding ortho intramolecular Hbond substituents is 1. The first-order chi connectivity index (χ1) is 29.4. The lowest BCUT2D eigenvalue weighted by Crippen LogP contribution is -2.38. The highest BCUT2D eigenvalue weighted by atomic mass is 32.2. The molecule has 6 rings (SSSR count). The summed E-state index contributed by atoms with van der Waals surface area (Å²) < 4.78 is 101. The van der Waals surface area contributed by atoms with Gasteiger partial charge in [0.05, 0.1) is 49.8 Å². The first-order valence-electron chi connectivity index (χ1n) is 19.2. The van der Waals surface area contributed by atoms with Gasteiger partial charge in [-0.15, -0.1) is 0 Å². The topological polar surface area (TPSA) is 210 Å². The first kappa shape index (κ1) is 47.5. The number of hydrogen-bond donors (Lipinski definition) is 3. The molecule has 338 valence electrons. The second-order valence-electron chi connectivity index (χ2n) is 14.4.